The molecular weight excluding hydrogens is 304 g/mol. The Labute approximate surface area is 134 Å². The first-order valence-electron chi connectivity index (χ1n) is 7.70. The summed E-state index contributed by atoms with van der Waals surface area (Å²) in [5, 5.41) is 14.0. The number of carbonyl (C=O) groups is 1. The van der Waals surface area contributed by atoms with E-state index in [0.717, 1.165) is 11.8 Å². The van der Waals surface area contributed by atoms with Crippen LogP contribution in [-0.4, -0.2) is 16.9 Å². The molecule has 0 unspecified atom stereocenters. The van der Waals surface area contributed by atoms with E-state index in [4.69, 9.17) is 11.6 Å². The van der Waals surface area contributed by atoms with Crippen LogP contribution in [0.2, 0.25) is 5.02 Å². The highest BCUT2D eigenvalue weighted by Gasteiger charge is 2.42. The van der Waals surface area contributed by atoms with E-state index >= 15 is 0 Å². The van der Waals surface area contributed by atoms with Crippen LogP contribution >= 0.6 is 11.6 Å². The Morgan fingerprint density at radius 1 is 1.41 bits per heavy atom. The Balaban J connectivity index is 1.69. The molecule has 2 saturated carbocycles. The quantitative estimate of drug-likeness (QED) is 0.677. The van der Waals surface area contributed by atoms with Crippen molar-refractivity contribution in [2.24, 2.45) is 17.8 Å². The van der Waals surface area contributed by atoms with Crippen molar-refractivity contribution in [1.29, 1.82) is 0 Å². The second-order valence-corrected chi connectivity index (χ2v) is 6.93. The van der Waals surface area contributed by atoms with Crippen molar-refractivity contribution < 1.29 is 9.72 Å². The minimum Gasteiger partial charge on any atom is -0.349 e. The lowest BCUT2D eigenvalue weighted by molar-refractivity contribution is -0.384. The molecule has 1 amide bonds. The van der Waals surface area contributed by atoms with Crippen LogP contribution in [0.25, 0.3) is 0 Å². The fourth-order valence-corrected chi connectivity index (χ4v) is 4.28. The van der Waals surface area contributed by atoms with Crippen LogP contribution in [0.15, 0.2) is 18.2 Å². The number of hydrogen-bond donors (Lipinski definition) is 1. The Morgan fingerprint density at radius 2 is 2.18 bits per heavy atom. The molecule has 0 saturated heterocycles. The molecule has 0 radical (unpaired) electrons. The Kier molecular flexibility index (Phi) is 4.08. The van der Waals surface area contributed by atoms with E-state index in [2.05, 4.69) is 5.32 Å². The summed E-state index contributed by atoms with van der Waals surface area (Å²) in [7, 11) is 0. The van der Waals surface area contributed by atoms with E-state index in [1.165, 1.54) is 43.9 Å². The molecule has 2 aliphatic carbocycles. The largest absolute Gasteiger partial charge is 0.349 e. The van der Waals surface area contributed by atoms with Crippen LogP contribution in [0.5, 0.6) is 0 Å². The molecule has 3 rings (SSSR count). The summed E-state index contributed by atoms with van der Waals surface area (Å²) in [4.78, 5) is 22.7. The molecule has 2 bridgehead atoms. The molecule has 0 aromatic heterocycles. The van der Waals surface area contributed by atoms with E-state index in [-0.39, 0.29) is 28.2 Å². The summed E-state index contributed by atoms with van der Waals surface area (Å²) >= 11 is 5.77. The second kappa shape index (κ2) is 5.88. The van der Waals surface area contributed by atoms with Gasteiger partial charge in [0.05, 0.1) is 4.92 Å². The lowest BCUT2D eigenvalue weighted by atomic mass is 9.84. The summed E-state index contributed by atoms with van der Waals surface area (Å²) in [5.74, 6) is 1.81. The van der Waals surface area contributed by atoms with Gasteiger partial charge in [-0.15, -0.1) is 0 Å². The maximum atomic E-state index is 12.3. The smallest absolute Gasteiger partial charge is 0.288 e. The Morgan fingerprint density at radius 3 is 2.77 bits per heavy atom. The van der Waals surface area contributed by atoms with Crippen molar-refractivity contribution in [3.05, 3.63) is 38.9 Å². The van der Waals surface area contributed by atoms with Crippen LogP contribution in [-0.2, 0) is 0 Å². The standard InChI is InChI=1S/C16H19ClN2O3/c1-9(13-7-10-2-3-11(13)6-10)18-16(20)12-4-5-14(17)15(8-12)19(21)22/h4-5,8-11,13H,2-3,6-7H2,1H3,(H,18,20)/t9-,10-,11-,13-/m1/s1. The molecule has 2 aliphatic rings. The summed E-state index contributed by atoms with van der Waals surface area (Å²) < 4.78 is 0. The highest BCUT2D eigenvalue weighted by molar-refractivity contribution is 6.32. The fraction of sp³-hybridized carbons (Fsp3) is 0.562. The minimum absolute atomic E-state index is 0.0442. The van der Waals surface area contributed by atoms with Gasteiger partial charge in [0.15, 0.2) is 0 Å². The van der Waals surface area contributed by atoms with Crippen molar-refractivity contribution in [1.82, 2.24) is 5.32 Å². The van der Waals surface area contributed by atoms with Crippen molar-refractivity contribution in [3.63, 3.8) is 0 Å². The molecule has 1 aromatic rings. The van der Waals surface area contributed by atoms with Crippen molar-refractivity contribution in [2.75, 3.05) is 0 Å². The number of fused-ring (bicyclic) bond motifs is 2. The van der Waals surface area contributed by atoms with Gasteiger partial charge in [0.25, 0.3) is 11.6 Å². The number of benzene rings is 1. The third-order valence-corrected chi connectivity index (χ3v) is 5.52. The van der Waals surface area contributed by atoms with Gasteiger partial charge in [-0.25, -0.2) is 0 Å². The lowest BCUT2D eigenvalue weighted by Gasteiger charge is -2.28. The zero-order chi connectivity index (χ0) is 15.9. The van der Waals surface area contributed by atoms with E-state index in [1.807, 2.05) is 6.92 Å². The predicted molar refractivity (Wildman–Crippen MR) is 84.0 cm³/mol. The summed E-state index contributed by atoms with van der Waals surface area (Å²) in [6.07, 6.45) is 5.07. The first-order chi connectivity index (χ1) is 10.5. The number of carbonyl (C=O) groups excluding carboxylic acids is 1. The summed E-state index contributed by atoms with van der Waals surface area (Å²) in [6, 6.07) is 4.26. The lowest BCUT2D eigenvalue weighted by Crippen LogP contribution is -2.40. The van der Waals surface area contributed by atoms with E-state index in [9.17, 15) is 14.9 Å². The molecule has 0 spiro atoms. The number of nitrogens with zero attached hydrogens (tertiary/aromatic N) is 1. The Bertz CT molecular complexity index is 619. The summed E-state index contributed by atoms with van der Waals surface area (Å²) in [6.45, 7) is 2.04. The minimum atomic E-state index is -0.571. The van der Waals surface area contributed by atoms with Gasteiger partial charge in [-0.3, -0.25) is 14.9 Å². The monoisotopic (exact) mass is 322 g/mol. The third kappa shape index (κ3) is 2.82. The fourth-order valence-electron chi connectivity index (χ4n) is 4.10. The molecule has 0 heterocycles. The van der Waals surface area contributed by atoms with Gasteiger partial charge in [-0.1, -0.05) is 18.0 Å². The van der Waals surface area contributed by atoms with Gasteiger partial charge in [0.1, 0.15) is 5.02 Å². The van der Waals surface area contributed by atoms with Gasteiger partial charge in [0.2, 0.25) is 0 Å². The first kappa shape index (κ1) is 15.3. The highest BCUT2D eigenvalue weighted by atomic mass is 35.5. The molecule has 4 atom stereocenters. The van der Waals surface area contributed by atoms with E-state index in [0.29, 0.717) is 5.92 Å². The number of rotatable bonds is 4. The molecule has 1 aromatic carbocycles. The Hall–Kier alpha value is -1.62. The van der Waals surface area contributed by atoms with Crippen molar-refractivity contribution >= 4 is 23.2 Å². The van der Waals surface area contributed by atoms with Crippen LogP contribution in [0, 0.1) is 27.9 Å². The van der Waals surface area contributed by atoms with Crippen LogP contribution in [0.4, 0.5) is 5.69 Å². The van der Waals surface area contributed by atoms with Crippen molar-refractivity contribution in [2.45, 2.75) is 38.6 Å². The average Bonchev–Trinajstić information content (AvgIpc) is 3.09. The number of nitrogens with one attached hydrogen (secondary N) is 1. The zero-order valence-electron chi connectivity index (χ0n) is 12.4. The molecule has 2 fully saturated rings. The maximum Gasteiger partial charge on any atom is 0.288 e. The van der Waals surface area contributed by atoms with Crippen LogP contribution < -0.4 is 5.32 Å². The topological polar surface area (TPSA) is 72.2 Å². The molecular formula is C16H19ClN2O3. The maximum absolute atomic E-state index is 12.3. The molecule has 0 aliphatic heterocycles. The predicted octanol–water partition coefficient (Wildman–Crippen LogP) is 3.80. The zero-order valence-corrected chi connectivity index (χ0v) is 13.2. The number of halogens is 1. The average molecular weight is 323 g/mol. The highest BCUT2D eigenvalue weighted by Crippen LogP contribution is 2.49. The molecule has 118 valence electrons. The number of nitro groups is 1. The SMILES string of the molecule is C[C@@H](NC(=O)c1ccc(Cl)c([N+](=O)[O-])c1)[C@H]1C[C@@H]2CC[C@@H]1C2. The van der Waals surface area contributed by atoms with Gasteiger partial charge in [-0.2, -0.15) is 0 Å². The second-order valence-electron chi connectivity index (χ2n) is 6.52. The molecule has 6 heteroatoms. The third-order valence-electron chi connectivity index (χ3n) is 5.20. The van der Waals surface area contributed by atoms with Gasteiger partial charge >= 0.3 is 0 Å². The molecule has 22 heavy (non-hydrogen) atoms. The van der Waals surface area contributed by atoms with Crippen molar-refractivity contribution in [3.8, 4) is 0 Å². The molecule has 1 N–H and O–H groups in total. The number of amides is 1. The van der Waals surface area contributed by atoms with Crippen LogP contribution in [0.1, 0.15) is 43.0 Å². The van der Waals surface area contributed by atoms with Gasteiger partial charge in [0, 0.05) is 17.7 Å². The van der Waals surface area contributed by atoms with Gasteiger partial charge < -0.3 is 5.32 Å². The normalized spacial score (nSPS) is 27.6. The van der Waals surface area contributed by atoms with Gasteiger partial charge in [-0.05, 0) is 56.1 Å². The number of hydrogen-bond acceptors (Lipinski definition) is 3. The van der Waals surface area contributed by atoms with E-state index in [1.54, 1.807) is 0 Å². The van der Waals surface area contributed by atoms with Crippen LogP contribution in [0.3, 0.4) is 0 Å². The molecule has 5 nitrogen and oxygen atoms in total. The van der Waals surface area contributed by atoms with E-state index < -0.39 is 4.92 Å². The first-order valence-corrected chi connectivity index (χ1v) is 8.08. The number of nitro benzene ring substituents is 1. The summed E-state index contributed by atoms with van der Waals surface area (Å²) in [5.41, 5.74) is 0.0491.